The predicted octanol–water partition coefficient (Wildman–Crippen LogP) is 1.82. The summed E-state index contributed by atoms with van der Waals surface area (Å²) in [4.78, 5) is 18.6. The van der Waals surface area contributed by atoms with Crippen molar-refractivity contribution in [2.45, 2.75) is 32.2 Å². The Morgan fingerprint density at radius 3 is 3.00 bits per heavy atom. The first kappa shape index (κ1) is 15.4. The van der Waals surface area contributed by atoms with Crippen LogP contribution in [0.4, 0.5) is 0 Å². The molecule has 1 N–H and O–H groups in total. The zero-order valence-corrected chi connectivity index (χ0v) is 12.8. The second-order valence-corrected chi connectivity index (χ2v) is 5.88. The second kappa shape index (κ2) is 8.34. The van der Waals surface area contributed by atoms with E-state index >= 15 is 0 Å². The van der Waals surface area contributed by atoms with Crippen LogP contribution < -0.4 is 5.32 Å². The molecule has 0 aromatic carbocycles. The van der Waals surface area contributed by atoms with E-state index in [0.29, 0.717) is 6.42 Å². The predicted molar refractivity (Wildman–Crippen MR) is 79.8 cm³/mol. The Morgan fingerprint density at radius 2 is 2.35 bits per heavy atom. The number of nitrogens with one attached hydrogen (secondary N) is 1. The van der Waals surface area contributed by atoms with E-state index in [2.05, 4.69) is 22.1 Å². The van der Waals surface area contributed by atoms with Crippen molar-refractivity contribution in [3.63, 3.8) is 0 Å². The van der Waals surface area contributed by atoms with Crippen molar-refractivity contribution in [1.29, 1.82) is 0 Å². The first-order valence-corrected chi connectivity index (χ1v) is 8.16. The standard InChI is InChI=1S/C14H23N3O2S/c1-2-12(14-15-5-11-20-14)16-13(18)4-3-6-17-7-9-19-10-8-17/h5,11-12H,2-4,6-10H2,1H3,(H,16,18)/t12-/m1/s1. The maximum Gasteiger partial charge on any atom is 0.220 e. The minimum Gasteiger partial charge on any atom is -0.379 e. The summed E-state index contributed by atoms with van der Waals surface area (Å²) in [5.74, 6) is 0.125. The molecule has 0 aliphatic carbocycles. The Bertz CT molecular complexity index is 391. The zero-order valence-electron chi connectivity index (χ0n) is 12.0. The van der Waals surface area contributed by atoms with Gasteiger partial charge in [-0.15, -0.1) is 11.3 Å². The highest BCUT2D eigenvalue weighted by Crippen LogP contribution is 2.18. The number of nitrogens with zero attached hydrogens (tertiary/aromatic N) is 2. The summed E-state index contributed by atoms with van der Waals surface area (Å²) in [6, 6.07) is 0.0610. The van der Waals surface area contributed by atoms with E-state index in [4.69, 9.17) is 4.74 Å². The first-order valence-electron chi connectivity index (χ1n) is 7.28. The number of thiazole rings is 1. The van der Waals surface area contributed by atoms with Crippen molar-refractivity contribution >= 4 is 17.2 Å². The molecule has 0 radical (unpaired) electrons. The van der Waals surface area contributed by atoms with Gasteiger partial charge in [-0.2, -0.15) is 0 Å². The number of aromatic nitrogens is 1. The van der Waals surface area contributed by atoms with Gasteiger partial charge < -0.3 is 10.1 Å². The van der Waals surface area contributed by atoms with Crippen LogP contribution in [0.2, 0.25) is 0 Å². The van der Waals surface area contributed by atoms with E-state index in [1.807, 2.05) is 5.38 Å². The van der Waals surface area contributed by atoms with E-state index in [-0.39, 0.29) is 11.9 Å². The molecule has 0 bridgehead atoms. The molecule has 112 valence electrons. The molecule has 1 fully saturated rings. The fraction of sp³-hybridized carbons (Fsp3) is 0.714. The summed E-state index contributed by atoms with van der Waals surface area (Å²) < 4.78 is 5.31. The number of hydrogen-bond donors (Lipinski definition) is 1. The molecule has 1 aliphatic rings. The van der Waals surface area contributed by atoms with E-state index < -0.39 is 0 Å². The van der Waals surface area contributed by atoms with Gasteiger partial charge in [-0.25, -0.2) is 4.98 Å². The van der Waals surface area contributed by atoms with Crippen LogP contribution in [0.3, 0.4) is 0 Å². The van der Waals surface area contributed by atoms with Crippen molar-refractivity contribution in [3.05, 3.63) is 16.6 Å². The molecule has 0 saturated carbocycles. The summed E-state index contributed by atoms with van der Waals surface area (Å²) in [5.41, 5.74) is 0. The average molecular weight is 297 g/mol. The van der Waals surface area contributed by atoms with Gasteiger partial charge in [0.05, 0.1) is 19.3 Å². The lowest BCUT2D eigenvalue weighted by Gasteiger charge is -2.26. The lowest BCUT2D eigenvalue weighted by Crippen LogP contribution is -2.37. The van der Waals surface area contributed by atoms with Crippen molar-refractivity contribution < 1.29 is 9.53 Å². The topological polar surface area (TPSA) is 54.5 Å². The van der Waals surface area contributed by atoms with Gasteiger partial charge in [-0.05, 0) is 19.4 Å². The minimum atomic E-state index is 0.0610. The highest BCUT2D eigenvalue weighted by Gasteiger charge is 2.15. The highest BCUT2D eigenvalue weighted by molar-refractivity contribution is 7.09. The van der Waals surface area contributed by atoms with Crippen LogP contribution >= 0.6 is 11.3 Å². The van der Waals surface area contributed by atoms with Crippen LogP contribution in [-0.2, 0) is 9.53 Å². The molecule has 5 nitrogen and oxygen atoms in total. The van der Waals surface area contributed by atoms with Crippen LogP contribution in [0, 0.1) is 0 Å². The van der Waals surface area contributed by atoms with Crippen molar-refractivity contribution in [2.75, 3.05) is 32.8 Å². The molecule has 0 unspecified atom stereocenters. The summed E-state index contributed by atoms with van der Waals surface area (Å²) in [6.07, 6.45) is 4.15. The van der Waals surface area contributed by atoms with Gasteiger partial charge >= 0.3 is 0 Å². The Kier molecular flexibility index (Phi) is 6.42. The fourth-order valence-corrected chi connectivity index (χ4v) is 3.07. The molecular weight excluding hydrogens is 274 g/mol. The van der Waals surface area contributed by atoms with Crippen LogP contribution in [0.15, 0.2) is 11.6 Å². The number of ether oxygens (including phenoxy) is 1. The summed E-state index contributed by atoms with van der Waals surface area (Å²) in [7, 11) is 0. The average Bonchev–Trinajstić information content (AvgIpc) is 3.00. The monoisotopic (exact) mass is 297 g/mol. The largest absolute Gasteiger partial charge is 0.379 e. The molecule has 2 heterocycles. The third kappa shape index (κ3) is 4.85. The minimum absolute atomic E-state index is 0.0610. The number of carbonyl (C=O) groups excluding carboxylic acids is 1. The quantitative estimate of drug-likeness (QED) is 0.834. The first-order chi connectivity index (χ1) is 9.79. The van der Waals surface area contributed by atoms with Crippen molar-refractivity contribution in [3.8, 4) is 0 Å². The Labute approximate surface area is 124 Å². The smallest absolute Gasteiger partial charge is 0.220 e. The highest BCUT2D eigenvalue weighted by atomic mass is 32.1. The van der Waals surface area contributed by atoms with Crippen LogP contribution in [-0.4, -0.2) is 48.6 Å². The Balaban J connectivity index is 1.66. The number of rotatable bonds is 7. The summed E-state index contributed by atoms with van der Waals surface area (Å²) >= 11 is 1.60. The van der Waals surface area contributed by atoms with Gasteiger partial charge in [0.1, 0.15) is 5.01 Å². The number of carbonyl (C=O) groups is 1. The van der Waals surface area contributed by atoms with Gasteiger partial charge in [0.2, 0.25) is 5.91 Å². The maximum absolute atomic E-state index is 12.0. The molecule has 6 heteroatoms. The number of amides is 1. The molecule has 1 aromatic heterocycles. The van der Waals surface area contributed by atoms with Gasteiger partial charge in [-0.1, -0.05) is 6.92 Å². The Morgan fingerprint density at radius 1 is 1.55 bits per heavy atom. The van der Waals surface area contributed by atoms with E-state index in [0.717, 1.165) is 50.7 Å². The fourth-order valence-electron chi connectivity index (χ4n) is 2.30. The van der Waals surface area contributed by atoms with E-state index in [1.54, 1.807) is 17.5 Å². The molecule has 1 atom stereocenters. The molecule has 1 aromatic rings. The van der Waals surface area contributed by atoms with Gasteiger partial charge in [0.15, 0.2) is 0 Å². The van der Waals surface area contributed by atoms with Crippen molar-refractivity contribution in [2.24, 2.45) is 0 Å². The zero-order chi connectivity index (χ0) is 14.2. The molecule has 20 heavy (non-hydrogen) atoms. The van der Waals surface area contributed by atoms with E-state index in [9.17, 15) is 4.79 Å². The Hall–Kier alpha value is -0.980. The van der Waals surface area contributed by atoms with Crippen LogP contribution in [0.5, 0.6) is 0 Å². The lowest BCUT2D eigenvalue weighted by molar-refractivity contribution is -0.122. The van der Waals surface area contributed by atoms with Gasteiger partial charge in [-0.3, -0.25) is 9.69 Å². The van der Waals surface area contributed by atoms with Crippen molar-refractivity contribution in [1.82, 2.24) is 15.2 Å². The van der Waals surface area contributed by atoms with E-state index in [1.165, 1.54) is 0 Å². The molecule has 0 spiro atoms. The van der Waals surface area contributed by atoms with Gasteiger partial charge in [0, 0.05) is 31.1 Å². The summed E-state index contributed by atoms with van der Waals surface area (Å²) in [6.45, 7) is 6.64. The third-order valence-corrected chi connectivity index (χ3v) is 4.36. The van der Waals surface area contributed by atoms with Crippen LogP contribution in [0.1, 0.15) is 37.2 Å². The molecule has 2 rings (SSSR count). The summed E-state index contributed by atoms with van der Waals surface area (Å²) in [5, 5.41) is 6.01. The number of hydrogen-bond acceptors (Lipinski definition) is 5. The van der Waals surface area contributed by atoms with Crippen LogP contribution in [0.25, 0.3) is 0 Å². The SMILES string of the molecule is CC[C@@H](NC(=O)CCCN1CCOCC1)c1nccs1. The third-order valence-electron chi connectivity index (χ3n) is 3.47. The second-order valence-electron chi connectivity index (χ2n) is 4.96. The molecule has 1 amide bonds. The maximum atomic E-state index is 12.0. The number of morpholine rings is 1. The van der Waals surface area contributed by atoms with Gasteiger partial charge in [0.25, 0.3) is 0 Å². The molecule has 1 saturated heterocycles. The molecular formula is C14H23N3O2S. The lowest BCUT2D eigenvalue weighted by atomic mass is 10.2. The normalized spacial score (nSPS) is 17.9. The molecule has 1 aliphatic heterocycles.